The van der Waals surface area contributed by atoms with E-state index < -0.39 is 6.04 Å². The fraction of sp³-hybridized carbons (Fsp3) is 0.500. The van der Waals surface area contributed by atoms with Gasteiger partial charge in [0.2, 0.25) is 5.91 Å². The van der Waals surface area contributed by atoms with E-state index in [-0.39, 0.29) is 24.0 Å². The summed E-state index contributed by atoms with van der Waals surface area (Å²) in [6.07, 6.45) is 0. The highest BCUT2D eigenvalue weighted by Gasteiger charge is 2.24. The average Bonchev–Trinajstić information content (AvgIpc) is 2.38. The molecular weight excluding hydrogens is 268 g/mol. The molecule has 0 aromatic heterocycles. The van der Waals surface area contributed by atoms with E-state index in [0.717, 1.165) is 5.56 Å². The highest BCUT2D eigenvalue weighted by atomic mass is 16.5. The molecule has 0 aliphatic carbocycles. The second-order valence-corrected chi connectivity index (χ2v) is 5.77. The SMILES string of the molecule is CCOC(=O)CNC(C(=O)NC(C)(C)C)c1ccccc1. The Kier molecular flexibility index (Phi) is 6.37. The van der Waals surface area contributed by atoms with Crippen LogP contribution >= 0.6 is 0 Å². The first-order valence-electron chi connectivity index (χ1n) is 7.09. The van der Waals surface area contributed by atoms with Crippen LogP contribution in [0.2, 0.25) is 0 Å². The standard InChI is InChI=1S/C16H24N2O3/c1-5-21-13(19)11-17-14(12-9-7-6-8-10-12)15(20)18-16(2,3)4/h6-10,14,17H,5,11H2,1-4H3,(H,18,20). The molecule has 0 radical (unpaired) electrons. The van der Waals surface area contributed by atoms with Gasteiger partial charge in [0.05, 0.1) is 13.2 Å². The summed E-state index contributed by atoms with van der Waals surface area (Å²) in [4.78, 5) is 23.9. The van der Waals surface area contributed by atoms with Crippen LogP contribution in [0, 0.1) is 0 Å². The minimum absolute atomic E-state index is 0.00896. The predicted molar refractivity (Wildman–Crippen MR) is 81.7 cm³/mol. The Bertz CT molecular complexity index is 466. The van der Waals surface area contributed by atoms with Crippen LogP contribution in [0.5, 0.6) is 0 Å². The number of carbonyl (C=O) groups excluding carboxylic acids is 2. The molecule has 0 aliphatic heterocycles. The lowest BCUT2D eigenvalue weighted by Crippen LogP contribution is -2.47. The van der Waals surface area contributed by atoms with Crippen molar-refractivity contribution in [2.75, 3.05) is 13.2 Å². The van der Waals surface area contributed by atoms with Gasteiger partial charge >= 0.3 is 5.97 Å². The fourth-order valence-corrected chi connectivity index (χ4v) is 1.85. The van der Waals surface area contributed by atoms with Crippen LogP contribution in [0.4, 0.5) is 0 Å². The van der Waals surface area contributed by atoms with Crippen LogP contribution in [0.3, 0.4) is 0 Å². The van der Waals surface area contributed by atoms with E-state index >= 15 is 0 Å². The molecule has 0 bridgehead atoms. The fourth-order valence-electron chi connectivity index (χ4n) is 1.85. The molecular formula is C16H24N2O3. The molecule has 1 unspecified atom stereocenters. The third-order valence-electron chi connectivity index (χ3n) is 2.65. The second kappa shape index (κ2) is 7.78. The number of amides is 1. The molecule has 0 heterocycles. The van der Waals surface area contributed by atoms with Crippen molar-refractivity contribution in [1.82, 2.24) is 10.6 Å². The number of benzene rings is 1. The smallest absolute Gasteiger partial charge is 0.319 e. The minimum atomic E-state index is -0.588. The maximum absolute atomic E-state index is 12.4. The Labute approximate surface area is 126 Å². The molecule has 0 fully saturated rings. The molecule has 1 aromatic rings. The average molecular weight is 292 g/mol. The maximum atomic E-state index is 12.4. The van der Waals surface area contributed by atoms with Gasteiger partial charge in [0.15, 0.2) is 0 Å². The van der Waals surface area contributed by atoms with Gasteiger partial charge in [0.25, 0.3) is 0 Å². The third-order valence-corrected chi connectivity index (χ3v) is 2.65. The minimum Gasteiger partial charge on any atom is -0.465 e. The van der Waals surface area contributed by atoms with Crippen molar-refractivity contribution in [3.63, 3.8) is 0 Å². The van der Waals surface area contributed by atoms with Crippen LogP contribution in [0.15, 0.2) is 30.3 Å². The van der Waals surface area contributed by atoms with E-state index in [1.807, 2.05) is 51.1 Å². The van der Waals surface area contributed by atoms with E-state index in [2.05, 4.69) is 10.6 Å². The van der Waals surface area contributed by atoms with Gasteiger partial charge < -0.3 is 10.1 Å². The lowest BCUT2D eigenvalue weighted by Gasteiger charge is -2.25. The first-order valence-corrected chi connectivity index (χ1v) is 7.09. The summed E-state index contributed by atoms with van der Waals surface area (Å²) in [5.74, 6) is -0.542. The van der Waals surface area contributed by atoms with Gasteiger partial charge in [-0.3, -0.25) is 14.9 Å². The van der Waals surface area contributed by atoms with E-state index in [1.165, 1.54) is 0 Å². The molecule has 0 spiro atoms. The summed E-state index contributed by atoms with van der Waals surface area (Å²) < 4.78 is 4.88. The molecule has 0 saturated carbocycles. The monoisotopic (exact) mass is 292 g/mol. The number of nitrogens with one attached hydrogen (secondary N) is 2. The van der Waals surface area contributed by atoms with Gasteiger partial charge in [-0.15, -0.1) is 0 Å². The van der Waals surface area contributed by atoms with Gasteiger partial charge in [-0.1, -0.05) is 30.3 Å². The van der Waals surface area contributed by atoms with Crippen molar-refractivity contribution in [2.45, 2.75) is 39.3 Å². The Morgan fingerprint density at radius 3 is 2.33 bits per heavy atom. The number of hydrogen-bond donors (Lipinski definition) is 2. The lowest BCUT2D eigenvalue weighted by molar-refractivity contribution is -0.142. The molecule has 116 valence electrons. The topological polar surface area (TPSA) is 67.4 Å². The summed E-state index contributed by atoms with van der Waals surface area (Å²) in [7, 11) is 0. The molecule has 0 saturated heterocycles. The molecule has 0 aliphatic rings. The highest BCUT2D eigenvalue weighted by Crippen LogP contribution is 2.14. The zero-order valence-corrected chi connectivity index (χ0v) is 13.1. The van der Waals surface area contributed by atoms with E-state index in [4.69, 9.17) is 4.74 Å². The molecule has 5 nitrogen and oxygen atoms in total. The molecule has 2 N–H and O–H groups in total. The molecule has 1 aromatic carbocycles. The van der Waals surface area contributed by atoms with Crippen molar-refractivity contribution in [3.05, 3.63) is 35.9 Å². The quantitative estimate of drug-likeness (QED) is 0.785. The lowest BCUT2D eigenvalue weighted by atomic mass is 10.0. The van der Waals surface area contributed by atoms with Gasteiger partial charge in [0.1, 0.15) is 6.04 Å². The number of carbonyl (C=O) groups is 2. The van der Waals surface area contributed by atoms with E-state index in [1.54, 1.807) is 6.92 Å². The molecule has 1 atom stereocenters. The third kappa shape index (κ3) is 6.40. The number of ether oxygens (including phenoxy) is 1. The van der Waals surface area contributed by atoms with Crippen molar-refractivity contribution >= 4 is 11.9 Å². The van der Waals surface area contributed by atoms with Crippen LogP contribution in [-0.4, -0.2) is 30.6 Å². The van der Waals surface area contributed by atoms with E-state index in [0.29, 0.717) is 6.61 Å². The zero-order valence-electron chi connectivity index (χ0n) is 13.1. The molecule has 1 rings (SSSR count). The van der Waals surface area contributed by atoms with Gasteiger partial charge in [-0.25, -0.2) is 0 Å². The summed E-state index contributed by atoms with van der Waals surface area (Å²) in [5, 5.41) is 5.88. The van der Waals surface area contributed by atoms with Crippen LogP contribution < -0.4 is 10.6 Å². The van der Waals surface area contributed by atoms with Crippen LogP contribution in [-0.2, 0) is 14.3 Å². The Morgan fingerprint density at radius 1 is 1.19 bits per heavy atom. The first-order chi connectivity index (χ1) is 9.83. The Morgan fingerprint density at radius 2 is 1.81 bits per heavy atom. The van der Waals surface area contributed by atoms with Crippen molar-refractivity contribution in [2.24, 2.45) is 0 Å². The summed E-state index contributed by atoms with van der Waals surface area (Å²) in [6, 6.07) is 8.72. The predicted octanol–water partition coefficient (Wildman–Crippen LogP) is 1.80. The van der Waals surface area contributed by atoms with Crippen LogP contribution in [0.25, 0.3) is 0 Å². The Balaban J connectivity index is 2.80. The normalized spacial score (nSPS) is 12.6. The van der Waals surface area contributed by atoms with Gasteiger partial charge in [0, 0.05) is 5.54 Å². The van der Waals surface area contributed by atoms with Gasteiger partial charge in [-0.05, 0) is 33.3 Å². The summed E-state index contributed by atoms with van der Waals surface area (Å²) >= 11 is 0. The highest BCUT2D eigenvalue weighted by molar-refractivity contribution is 5.84. The van der Waals surface area contributed by atoms with Crippen molar-refractivity contribution < 1.29 is 14.3 Å². The van der Waals surface area contributed by atoms with Gasteiger partial charge in [-0.2, -0.15) is 0 Å². The molecule has 5 heteroatoms. The van der Waals surface area contributed by atoms with E-state index in [9.17, 15) is 9.59 Å². The number of rotatable bonds is 6. The summed E-state index contributed by atoms with van der Waals surface area (Å²) in [5.41, 5.74) is 0.471. The molecule has 21 heavy (non-hydrogen) atoms. The van der Waals surface area contributed by atoms with Crippen LogP contribution in [0.1, 0.15) is 39.3 Å². The zero-order chi connectivity index (χ0) is 15.9. The number of esters is 1. The molecule has 1 amide bonds. The second-order valence-electron chi connectivity index (χ2n) is 5.77. The largest absolute Gasteiger partial charge is 0.465 e. The number of hydrogen-bond acceptors (Lipinski definition) is 4. The Hall–Kier alpha value is -1.88. The van der Waals surface area contributed by atoms with Crippen molar-refractivity contribution in [3.8, 4) is 0 Å². The van der Waals surface area contributed by atoms with Crippen molar-refractivity contribution in [1.29, 1.82) is 0 Å². The summed E-state index contributed by atoms with van der Waals surface area (Å²) in [6.45, 7) is 7.81. The maximum Gasteiger partial charge on any atom is 0.319 e. The first kappa shape index (κ1) is 17.2.